The predicted octanol–water partition coefficient (Wildman–Crippen LogP) is 2.73. The fourth-order valence-corrected chi connectivity index (χ4v) is 2.94. The highest BCUT2D eigenvalue weighted by Gasteiger charge is 2.31. The van der Waals surface area contributed by atoms with E-state index in [1.807, 2.05) is 23.1 Å². The van der Waals surface area contributed by atoms with Crippen LogP contribution in [0.1, 0.15) is 25.8 Å². The Morgan fingerprint density at radius 1 is 1.33 bits per heavy atom. The van der Waals surface area contributed by atoms with Crippen molar-refractivity contribution in [1.82, 2.24) is 4.90 Å². The van der Waals surface area contributed by atoms with Crippen LogP contribution in [0.15, 0.2) is 30.3 Å². The van der Waals surface area contributed by atoms with E-state index in [1.54, 1.807) is 0 Å². The molecule has 2 atom stereocenters. The molecule has 1 aliphatic rings. The zero-order chi connectivity index (χ0) is 14.5. The summed E-state index contributed by atoms with van der Waals surface area (Å²) in [7, 11) is 0. The van der Waals surface area contributed by atoms with Crippen molar-refractivity contribution in [2.75, 3.05) is 19.6 Å². The average Bonchev–Trinajstić information content (AvgIpc) is 2.94. The zero-order valence-electron chi connectivity index (χ0n) is 13.0. The molecule has 4 heteroatoms. The minimum absolute atomic E-state index is 0. The lowest BCUT2D eigenvalue weighted by atomic mass is 9.88. The van der Waals surface area contributed by atoms with Gasteiger partial charge in [0.2, 0.25) is 5.91 Å². The van der Waals surface area contributed by atoms with E-state index in [0.717, 1.165) is 25.9 Å². The van der Waals surface area contributed by atoms with Gasteiger partial charge in [-0.15, -0.1) is 12.4 Å². The first-order chi connectivity index (χ1) is 9.61. The van der Waals surface area contributed by atoms with Gasteiger partial charge in [0.1, 0.15) is 0 Å². The van der Waals surface area contributed by atoms with Gasteiger partial charge in [-0.2, -0.15) is 0 Å². The lowest BCUT2D eigenvalue weighted by molar-refractivity contribution is -0.136. The van der Waals surface area contributed by atoms with E-state index >= 15 is 0 Å². The monoisotopic (exact) mass is 310 g/mol. The van der Waals surface area contributed by atoms with Crippen LogP contribution in [-0.2, 0) is 11.2 Å². The molecule has 1 aromatic rings. The zero-order valence-corrected chi connectivity index (χ0v) is 13.8. The largest absolute Gasteiger partial charge is 0.342 e. The lowest BCUT2D eigenvalue weighted by Crippen LogP contribution is -2.38. The van der Waals surface area contributed by atoms with E-state index in [1.165, 1.54) is 5.56 Å². The third kappa shape index (κ3) is 4.72. The summed E-state index contributed by atoms with van der Waals surface area (Å²) in [6.45, 7) is 6.69. The Labute approximate surface area is 134 Å². The van der Waals surface area contributed by atoms with E-state index in [2.05, 4.69) is 26.0 Å². The summed E-state index contributed by atoms with van der Waals surface area (Å²) < 4.78 is 0. The fraction of sp³-hybridized carbons (Fsp3) is 0.588. The van der Waals surface area contributed by atoms with Crippen molar-refractivity contribution < 1.29 is 4.79 Å². The summed E-state index contributed by atoms with van der Waals surface area (Å²) in [4.78, 5) is 14.8. The summed E-state index contributed by atoms with van der Waals surface area (Å²) in [6.07, 6.45) is 1.89. The number of halogens is 1. The molecular formula is C17H27ClN2O. The topological polar surface area (TPSA) is 46.3 Å². The van der Waals surface area contributed by atoms with Gasteiger partial charge in [0.15, 0.2) is 0 Å². The first-order valence-corrected chi connectivity index (χ1v) is 7.64. The number of hydrogen-bond acceptors (Lipinski definition) is 2. The molecule has 1 aliphatic heterocycles. The molecule has 2 rings (SSSR count). The lowest BCUT2D eigenvalue weighted by Gasteiger charge is -2.26. The highest BCUT2D eigenvalue weighted by atomic mass is 35.5. The van der Waals surface area contributed by atoms with Crippen molar-refractivity contribution in [2.24, 2.45) is 23.5 Å². The van der Waals surface area contributed by atoms with Crippen molar-refractivity contribution >= 4 is 18.3 Å². The highest BCUT2D eigenvalue weighted by molar-refractivity contribution is 5.85. The molecule has 1 amide bonds. The molecule has 118 valence electrons. The van der Waals surface area contributed by atoms with Gasteiger partial charge in [0.25, 0.3) is 0 Å². The van der Waals surface area contributed by atoms with Crippen molar-refractivity contribution in [1.29, 1.82) is 0 Å². The van der Waals surface area contributed by atoms with E-state index in [0.29, 0.717) is 24.3 Å². The number of amides is 1. The number of carbonyl (C=O) groups excluding carboxylic acids is 1. The maximum atomic E-state index is 12.7. The molecule has 1 heterocycles. The molecule has 0 saturated carbocycles. The average molecular weight is 311 g/mol. The van der Waals surface area contributed by atoms with Crippen molar-refractivity contribution in [2.45, 2.75) is 26.7 Å². The molecule has 0 radical (unpaired) electrons. The second-order valence-electron chi connectivity index (χ2n) is 6.21. The molecule has 0 aromatic heterocycles. The van der Waals surface area contributed by atoms with Gasteiger partial charge in [-0.05, 0) is 36.8 Å². The van der Waals surface area contributed by atoms with Crippen LogP contribution in [-0.4, -0.2) is 30.4 Å². The number of nitrogens with two attached hydrogens (primary N) is 1. The molecule has 2 unspecified atom stereocenters. The Bertz CT molecular complexity index is 436. The van der Waals surface area contributed by atoms with E-state index < -0.39 is 0 Å². The van der Waals surface area contributed by atoms with Gasteiger partial charge >= 0.3 is 0 Å². The van der Waals surface area contributed by atoms with Crippen LogP contribution in [0, 0.1) is 17.8 Å². The van der Waals surface area contributed by atoms with Gasteiger partial charge in [-0.3, -0.25) is 4.79 Å². The summed E-state index contributed by atoms with van der Waals surface area (Å²) in [5, 5.41) is 0. The molecule has 1 saturated heterocycles. The Morgan fingerprint density at radius 2 is 2.00 bits per heavy atom. The van der Waals surface area contributed by atoms with Crippen LogP contribution in [0.25, 0.3) is 0 Å². The van der Waals surface area contributed by atoms with Gasteiger partial charge in [0.05, 0.1) is 0 Å². The van der Waals surface area contributed by atoms with Crippen molar-refractivity contribution in [3.05, 3.63) is 35.9 Å². The van der Waals surface area contributed by atoms with Crippen LogP contribution < -0.4 is 5.73 Å². The van der Waals surface area contributed by atoms with Crippen LogP contribution in [0.2, 0.25) is 0 Å². The summed E-state index contributed by atoms with van der Waals surface area (Å²) in [5.41, 5.74) is 6.96. The number of carbonyl (C=O) groups is 1. The maximum absolute atomic E-state index is 12.7. The number of rotatable bonds is 5. The van der Waals surface area contributed by atoms with Gasteiger partial charge < -0.3 is 10.6 Å². The third-order valence-electron chi connectivity index (χ3n) is 4.35. The van der Waals surface area contributed by atoms with Crippen molar-refractivity contribution in [3.8, 4) is 0 Å². The van der Waals surface area contributed by atoms with Crippen LogP contribution in [0.3, 0.4) is 0 Å². The molecule has 0 bridgehead atoms. The quantitative estimate of drug-likeness (QED) is 0.909. The van der Waals surface area contributed by atoms with E-state index in [4.69, 9.17) is 5.73 Å². The van der Waals surface area contributed by atoms with Crippen LogP contribution in [0.5, 0.6) is 0 Å². The number of nitrogens with zero attached hydrogens (tertiary/aromatic N) is 1. The number of benzene rings is 1. The minimum Gasteiger partial charge on any atom is -0.342 e. The SMILES string of the molecule is CC(C)C(Cc1ccccc1)C(=O)N1CCC(CN)C1.Cl. The smallest absolute Gasteiger partial charge is 0.226 e. The number of likely N-dealkylation sites (tertiary alicyclic amines) is 1. The molecule has 1 fully saturated rings. The van der Waals surface area contributed by atoms with Crippen LogP contribution >= 0.6 is 12.4 Å². The Balaban J connectivity index is 0.00000220. The Hall–Kier alpha value is -1.06. The summed E-state index contributed by atoms with van der Waals surface area (Å²) in [5.74, 6) is 1.23. The molecule has 21 heavy (non-hydrogen) atoms. The van der Waals surface area contributed by atoms with E-state index in [-0.39, 0.29) is 18.3 Å². The van der Waals surface area contributed by atoms with Gasteiger partial charge in [-0.25, -0.2) is 0 Å². The standard InChI is InChI=1S/C17H26N2O.ClH/c1-13(2)16(10-14-6-4-3-5-7-14)17(20)19-9-8-15(11-18)12-19;/h3-7,13,15-16H,8-12,18H2,1-2H3;1H. The second-order valence-corrected chi connectivity index (χ2v) is 6.21. The highest BCUT2D eigenvalue weighted by Crippen LogP contribution is 2.24. The van der Waals surface area contributed by atoms with E-state index in [9.17, 15) is 4.79 Å². The van der Waals surface area contributed by atoms with Gasteiger partial charge in [0, 0.05) is 19.0 Å². The first-order valence-electron chi connectivity index (χ1n) is 7.64. The predicted molar refractivity (Wildman–Crippen MR) is 89.5 cm³/mol. The molecule has 0 spiro atoms. The third-order valence-corrected chi connectivity index (χ3v) is 4.35. The molecule has 3 nitrogen and oxygen atoms in total. The molecule has 0 aliphatic carbocycles. The number of hydrogen-bond donors (Lipinski definition) is 1. The Kier molecular flexibility index (Phi) is 7.20. The first kappa shape index (κ1) is 18.0. The van der Waals surface area contributed by atoms with Crippen molar-refractivity contribution in [3.63, 3.8) is 0 Å². The second kappa shape index (κ2) is 8.40. The van der Waals surface area contributed by atoms with Crippen LogP contribution in [0.4, 0.5) is 0 Å². The van der Waals surface area contributed by atoms with Gasteiger partial charge in [-0.1, -0.05) is 44.2 Å². The summed E-state index contributed by atoms with van der Waals surface area (Å²) >= 11 is 0. The molecule has 1 aromatic carbocycles. The fourth-order valence-electron chi connectivity index (χ4n) is 2.94. The molecule has 2 N–H and O–H groups in total. The maximum Gasteiger partial charge on any atom is 0.226 e. The normalized spacial score (nSPS) is 19.4. The Morgan fingerprint density at radius 3 is 2.52 bits per heavy atom. The summed E-state index contributed by atoms with van der Waals surface area (Å²) in [6, 6.07) is 10.3. The minimum atomic E-state index is 0. The molecular weight excluding hydrogens is 284 g/mol.